The molecule has 45 heavy (non-hydrogen) atoms. The molecular weight excluding hydrogens is 689 g/mol. The van der Waals surface area contributed by atoms with E-state index in [1.807, 2.05) is 0 Å². The van der Waals surface area contributed by atoms with Gasteiger partial charge in [0.2, 0.25) is 0 Å². The molecule has 0 bridgehead atoms. The Hall–Kier alpha value is -3.11. The zero-order valence-electron chi connectivity index (χ0n) is 25.2. The summed E-state index contributed by atoms with van der Waals surface area (Å²) in [6, 6.07) is 35.3. The molecule has 8 rings (SSSR count). The Balaban J connectivity index is 0.000000192. The van der Waals surface area contributed by atoms with Gasteiger partial charge in [0, 0.05) is 84.0 Å². The van der Waals surface area contributed by atoms with Crippen LogP contribution in [0, 0.1) is 6.92 Å². The molecular formula is C41H42BrN2Y-. The van der Waals surface area contributed by atoms with Crippen molar-refractivity contribution >= 4 is 81.1 Å². The van der Waals surface area contributed by atoms with E-state index >= 15 is 0 Å². The topological polar surface area (TPSA) is 9.86 Å². The molecule has 0 aliphatic rings. The summed E-state index contributed by atoms with van der Waals surface area (Å²) in [5, 5.41) is 10.4. The number of nitrogens with zero attached hydrogens (tertiary/aromatic N) is 2. The maximum atomic E-state index is 4.28. The third kappa shape index (κ3) is 5.62. The first kappa shape index (κ1) is 34.8. The van der Waals surface area contributed by atoms with E-state index in [1.165, 1.54) is 80.8 Å². The molecule has 0 saturated carbocycles. The van der Waals surface area contributed by atoms with Crippen molar-refractivity contribution in [3.05, 3.63) is 125 Å². The number of hydrogen-bond donors (Lipinski definition) is 0. The second-order valence-corrected chi connectivity index (χ2v) is 12.2. The molecule has 0 saturated heterocycles. The first-order valence-electron chi connectivity index (χ1n) is 14.7. The molecule has 2 aromatic heterocycles. The summed E-state index contributed by atoms with van der Waals surface area (Å²) in [6.45, 7) is 8.67. The third-order valence-electron chi connectivity index (χ3n) is 8.98. The SMILES string of the molecule is C.C.CCc1ccc2c(c1)c(Br)cc1c3ccccc3n(C)c21.[CH2-]c1cc2c3ccccc3n(C)c2c2ccc(CC)cc12.[Y]. The van der Waals surface area contributed by atoms with Gasteiger partial charge in [-0.25, -0.2) is 0 Å². The number of benzene rings is 6. The van der Waals surface area contributed by atoms with Gasteiger partial charge in [-0.2, -0.15) is 18.6 Å². The van der Waals surface area contributed by atoms with Crippen molar-refractivity contribution in [3.63, 3.8) is 0 Å². The Morgan fingerprint density at radius 2 is 0.978 bits per heavy atom. The van der Waals surface area contributed by atoms with E-state index in [1.54, 1.807) is 0 Å². The summed E-state index contributed by atoms with van der Waals surface area (Å²) in [6.07, 6.45) is 2.12. The Kier molecular flexibility index (Phi) is 10.6. The van der Waals surface area contributed by atoms with Crippen molar-refractivity contribution in [2.45, 2.75) is 41.5 Å². The van der Waals surface area contributed by atoms with Crippen LogP contribution in [0.15, 0.2) is 102 Å². The molecule has 4 heteroatoms. The van der Waals surface area contributed by atoms with E-state index in [-0.39, 0.29) is 47.6 Å². The molecule has 2 nitrogen and oxygen atoms in total. The van der Waals surface area contributed by atoms with Gasteiger partial charge in [0.15, 0.2) is 0 Å². The molecule has 0 N–H and O–H groups in total. The molecule has 6 aromatic carbocycles. The predicted octanol–water partition coefficient (Wildman–Crippen LogP) is 12.3. The van der Waals surface area contributed by atoms with Gasteiger partial charge < -0.3 is 9.13 Å². The number of hydrogen-bond acceptors (Lipinski definition) is 0. The molecule has 1 radical (unpaired) electrons. The van der Waals surface area contributed by atoms with Crippen LogP contribution in [0.25, 0.3) is 65.2 Å². The van der Waals surface area contributed by atoms with Gasteiger partial charge in [-0.3, -0.25) is 0 Å². The van der Waals surface area contributed by atoms with Gasteiger partial charge in [-0.1, -0.05) is 116 Å². The van der Waals surface area contributed by atoms with Gasteiger partial charge in [-0.05, 0) is 58.8 Å². The quantitative estimate of drug-likeness (QED) is 0.157. The summed E-state index contributed by atoms with van der Waals surface area (Å²) in [7, 11) is 4.31. The first-order valence-corrected chi connectivity index (χ1v) is 15.5. The number of para-hydroxylation sites is 2. The second kappa shape index (κ2) is 13.7. The molecule has 227 valence electrons. The minimum absolute atomic E-state index is 0. The van der Waals surface area contributed by atoms with Crippen LogP contribution in [-0.2, 0) is 59.6 Å². The molecule has 0 spiro atoms. The van der Waals surface area contributed by atoms with Crippen LogP contribution < -0.4 is 0 Å². The van der Waals surface area contributed by atoms with Crippen LogP contribution >= 0.6 is 15.9 Å². The minimum Gasteiger partial charge on any atom is -0.345 e. The average Bonchev–Trinajstić information content (AvgIpc) is 3.48. The van der Waals surface area contributed by atoms with Gasteiger partial charge in [-0.15, -0.1) is 11.5 Å². The molecule has 2 heterocycles. The van der Waals surface area contributed by atoms with Crippen LogP contribution in [0.2, 0.25) is 0 Å². The summed E-state index contributed by atoms with van der Waals surface area (Å²) in [4.78, 5) is 0. The number of rotatable bonds is 2. The molecule has 0 atom stereocenters. The van der Waals surface area contributed by atoms with Crippen LogP contribution in [0.1, 0.15) is 45.4 Å². The van der Waals surface area contributed by atoms with Crippen LogP contribution in [0.5, 0.6) is 0 Å². The average molecular weight is 732 g/mol. The van der Waals surface area contributed by atoms with E-state index in [4.69, 9.17) is 0 Å². The summed E-state index contributed by atoms with van der Waals surface area (Å²) < 4.78 is 5.79. The number of halogens is 1. The fourth-order valence-corrected chi connectivity index (χ4v) is 7.30. The Labute approximate surface area is 301 Å². The van der Waals surface area contributed by atoms with E-state index in [2.05, 4.69) is 157 Å². The number of aryl methyl sites for hydroxylation is 4. The third-order valence-corrected chi connectivity index (χ3v) is 9.64. The fraction of sp³-hybridized carbons (Fsp3) is 0.195. The van der Waals surface area contributed by atoms with E-state index in [0.717, 1.165) is 18.4 Å². The Morgan fingerprint density at radius 1 is 0.533 bits per heavy atom. The first-order chi connectivity index (χ1) is 20.4. The molecule has 0 fully saturated rings. The fourth-order valence-electron chi connectivity index (χ4n) is 6.74. The van der Waals surface area contributed by atoms with E-state index < -0.39 is 0 Å². The van der Waals surface area contributed by atoms with Crippen LogP contribution in [0.4, 0.5) is 0 Å². The van der Waals surface area contributed by atoms with E-state index in [9.17, 15) is 0 Å². The number of aromatic nitrogens is 2. The molecule has 0 aliphatic heterocycles. The van der Waals surface area contributed by atoms with Crippen molar-refractivity contribution in [2.24, 2.45) is 14.1 Å². The normalized spacial score (nSPS) is 11.0. The number of fused-ring (bicyclic) bond motifs is 10. The second-order valence-electron chi connectivity index (χ2n) is 11.3. The zero-order valence-corrected chi connectivity index (χ0v) is 29.6. The van der Waals surface area contributed by atoms with Crippen molar-refractivity contribution in [2.75, 3.05) is 0 Å². The van der Waals surface area contributed by atoms with Crippen LogP contribution in [0.3, 0.4) is 0 Å². The predicted molar refractivity (Wildman–Crippen MR) is 200 cm³/mol. The smallest absolute Gasteiger partial charge is 0.0569 e. The molecule has 8 aromatic rings. The standard InChI is InChI=1S/C20H18N.C19H16BrN.2CH4.Y/c1-4-14-9-10-16-17(12-14)13(2)11-18-15-7-5-6-8-19(15)21(3)20(16)18;1-3-12-8-9-14-15(10-12)17(20)11-16-13-6-4-5-7-18(13)21(2)19(14)16;;;/h5-12H,2,4H2,1,3H3;4-11H,3H2,1-2H3;2*1H4;/q-1;;;;. The Morgan fingerprint density at radius 3 is 1.49 bits per heavy atom. The molecule has 0 unspecified atom stereocenters. The van der Waals surface area contributed by atoms with Crippen LogP contribution in [-0.4, -0.2) is 9.13 Å². The van der Waals surface area contributed by atoms with E-state index in [0.29, 0.717) is 0 Å². The zero-order chi connectivity index (χ0) is 29.1. The summed E-state index contributed by atoms with van der Waals surface area (Å²) in [5.74, 6) is 0. The molecule has 0 amide bonds. The van der Waals surface area contributed by atoms with Gasteiger partial charge in [0.25, 0.3) is 0 Å². The maximum absolute atomic E-state index is 4.28. The van der Waals surface area contributed by atoms with Gasteiger partial charge in [0.1, 0.15) is 0 Å². The van der Waals surface area contributed by atoms with Crippen molar-refractivity contribution in [3.8, 4) is 0 Å². The van der Waals surface area contributed by atoms with Gasteiger partial charge in [0.05, 0.1) is 5.52 Å². The van der Waals surface area contributed by atoms with Gasteiger partial charge >= 0.3 is 0 Å². The largest absolute Gasteiger partial charge is 0.345 e. The Bertz CT molecular complexity index is 2160. The maximum Gasteiger partial charge on any atom is 0.0569 e. The van der Waals surface area contributed by atoms with Crippen molar-refractivity contribution in [1.29, 1.82) is 0 Å². The summed E-state index contributed by atoms with van der Waals surface area (Å²) in [5.41, 5.74) is 9.04. The van der Waals surface area contributed by atoms with Crippen molar-refractivity contribution < 1.29 is 32.7 Å². The molecule has 0 aliphatic carbocycles. The minimum atomic E-state index is 0. The van der Waals surface area contributed by atoms with Crippen molar-refractivity contribution in [1.82, 2.24) is 9.13 Å². The summed E-state index contributed by atoms with van der Waals surface area (Å²) >= 11 is 3.77. The monoisotopic (exact) mass is 730 g/mol.